The summed E-state index contributed by atoms with van der Waals surface area (Å²) < 4.78 is 0. The average Bonchev–Trinajstić information content (AvgIpc) is 2.32. The van der Waals surface area contributed by atoms with E-state index in [1.54, 1.807) is 12.5 Å². The van der Waals surface area contributed by atoms with E-state index in [-0.39, 0.29) is 11.7 Å². The Balaban J connectivity index is 2.09. The Morgan fingerprint density at radius 2 is 2.29 bits per heavy atom. The molecule has 1 amide bonds. The number of piperidine rings is 1. The molecular formula is C13H16N3O. The molecule has 4 nitrogen and oxygen atoms in total. The van der Waals surface area contributed by atoms with Crippen LogP contribution in [0.3, 0.4) is 0 Å². The van der Waals surface area contributed by atoms with Gasteiger partial charge in [-0.1, -0.05) is 18.2 Å². The highest BCUT2D eigenvalue weighted by atomic mass is 16.2. The van der Waals surface area contributed by atoms with Gasteiger partial charge in [0.1, 0.15) is 5.84 Å². The van der Waals surface area contributed by atoms with Crippen molar-refractivity contribution in [1.29, 1.82) is 5.41 Å². The number of amides is 1. The summed E-state index contributed by atoms with van der Waals surface area (Å²) in [6.45, 7) is 1.40. The number of carbonyl (C=O) groups excluding carboxylic acids is 1. The van der Waals surface area contributed by atoms with Crippen LogP contribution in [0.4, 0.5) is 0 Å². The van der Waals surface area contributed by atoms with Crippen molar-refractivity contribution in [3.63, 3.8) is 0 Å². The number of hydrogen-bond donors (Lipinski definition) is 2. The van der Waals surface area contributed by atoms with Crippen LogP contribution >= 0.6 is 0 Å². The van der Waals surface area contributed by atoms with Crippen molar-refractivity contribution in [3.8, 4) is 0 Å². The van der Waals surface area contributed by atoms with Crippen molar-refractivity contribution in [1.82, 2.24) is 4.90 Å². The maximum atomic E-state index is 11.6. The lowest BCUT2D eigenvalue weighted by Gasteiger charge is -2.26. The Morgan fingerprint density at radius 1 is 1.47 bits per heavy atom. The molecule has 1 radical (unpaired) electrons. The summed E-state index contributed by atoms with van der Waals surface area (Å²) in [6.07, 6.45) is 3.64. The zero-order valence-corrected chi connectivity index (χ0v) is 9.65. The molecule has 4 heteroatoms. The first-order chi connectivity index (χ1) is 8.16. The van der Waals surface area contributed by atoms with E-state index in [0.29, 0.717) is 12.1 Å². The van der Waals surface area contributed by atoms with Crippen LogP contribution in [0.5, 0.6) is 0 Å². The van der Waals surface area contributed by atoms with Gasteiger partial charge in [0, 0.05) is 25.1 Å². The predicted octanol–water partition coefficient (Wildman–Crippen LogP) is 1.30. The molecule has 1 heterocycles. The molecule has 1 aromatic rings. The summed E-state index contributed by atoms with van der Waals surface area (Å²) >= 11 is 0. The van der Waals surface area contributed by atoms with Gasteiger partial charge in [0.15, 0.2) is 0 Å². The van der Waals surface area contributed by atoms with Gasteiger partial charge in [0.05, 0.1) is 0 Å². The lowest BCUT2D eigenvalue weighted by molar-refractivity contribution is -0.129. The summed E-state index contributed by atoms with van der Waals surface area (Å²) in [4.78, 5) is 13.4. The van der Waals surface area contributed by atoms with Crippen molar-refractivity contribution < 1.29 is 4.79 Å². The number of nitrogens with two attached hydrogens (primary N) is 1. The van der Waals surface area contributed by atoms with E-state index in [2.05, 4.69) is 0 Å². The summed E-state index contributed by atoms with van der Waals surface area (Å²) in [5, 5.41) is 7.38. The highest BCUT2D eigenvalue weighted by Crippen LogP contribution is 2.14. The van der Waals surface area contributed by atoms with Gasteiger partial charge in [-0.25, -0.2) is 0 Å². The summed E-state index contributed by atoms with van der Waals surface area (Å²) in [5.74, 6) is 0.160. The van der Waals surface area contributed by atoms with Crippen LogP contribution in [0, 0.1) is 11.8 Å². The van der Waals surface area contributed by atoms with Crippen LogP contribution < -0.4 is 5.73 Å². The number of hydrogen-bond acceptors (Lipinski definition) is 2. The second-order valence-electron chi connectivity index (χ2n) is 4.22. The smallest absolute Gasteiger partial charge is 0.226 e. The first-order valence-electron chi connectivity index (χ1n) is 5.72. The molecule has 1 aliphatic heterocycles. The molecule has 2 rings (SSSR count). The molecule has 0 unspecified atom stereocenters. The Bertz CT molecular complexity index is 442. The lowest BCUT2D eigenvalue weighted by Crippen LogP contribution is -2.35. The van der Waals surface area contributed by atoms with Crippen LogP contribution in [0.25, 0.3) is 0 Å². The fraction of sp³-hybridized carbons (Fsp3) is 0.308. The van der Waals surface area contributed by atoms with Crippen molar-refractivity contribution >= 4 is 11.7 Å². The Morgan fingerprint density at radius 3 is 3.00 bits per heavy atom. The third kappa shape index (κ3) is 2.84. The van der Waals surface area contributed by atoms with Crippen molar-refractivity contribution in [2.24, 2.45) is 5.73 Å². The van der Waals surface area contributed by atoms with Crippen LogP contribution in [-0.2, 0) is 11.3 Å². The topological polar surface area (TPSA) is 70.2 Å². The lowest BCUT2D eigenvalue weighted by atomic mass is 10.1. The molecule has 0 spiro atoms. The van der Waals surface area contributed by atoms with Crippen LogP contribution in [0.1, 0.15) is 24.0 Å². The monoisotopic (exact) mass is 230 g/mol. The van der Waals surface area contributed by atoms with E-state index in [1.807, 2.05) is 23.1 Å². The van der Waals surface area contributed by atoms with Crippen LogP contribution in [0.2, 0.25) is 0 Å². The van der Waals surface area contributed by atoms with E-state index < -0.39 is 0 Å². The van der Waals surface area contributed by atoms with Crippen molar-refractivity contribution in [3.05, 3.63) is 41.8 Å². The molecule has 0 aromatic heterocycles. The van der Waals surface area contributed by atoms with Gasteiger partial charge in [0.25, 0.3) is 0 Å². The minimum absolute atomic E-state index is 0.0587. The van der Waals surface area contributed by atoms with E-state index in [1.165, 1.54) is 0 Å². The van der Waals surface area contributed by atoms with Gasteiger partial charge < -0.3 is 10.6 Å². The first kappa shape index (κ1) is 11.6. The molecule has 1 fully saturated rings. The molecule has 0 atom stereocenters. The summed E-state index contributed by atoms with van der Waals surface area (Å²) in [7, 11) is 0. The average molecular weight is 230 g/mol. The van der Waals surface area contributed by atoms with Crippen molar-refractivity contribution in [2.75, 3.05) is 6.54 Å². The minimum Gasteiger partial charge on any atom is -0.384 e. The number of nitrogens with one attached hydrogen (secondary N) is 1. The maximum absolute atomic E-state index is 11.6. The molecule has 1 saturated heterocycles. The van der Waals surface area contributed by atoms with Gasteiger partial charge >= 0.3 is 0 Å². The number of nitrogens with zero attached hydrogens (tertiary/aromatic N) is 1. The highest BCUT2D eigenvalue weighted by molar-refractivity contribution is 5.95. The number of carbonyl (C=O) groups is 1. The van der Waals surface area contributed by atoms with Gasteiger partial charge in [0.2, 0.25) is 5.91 Å². The molecule has 0 saturated carbocycles. The molecule has 3 N–H and O–H groups in total. The zero-order chi connectivity index (χ0) is 12.3. The molecule has 0 bridgehead atoms. The Hall–Kier alpha value is -1.84. The Labute approximate surface area is 101 Å². The minimum atomic E-state index is 0.0587. The van der Waals surface area contributed by atoms with Gasteiger partial charge in [-0.15, -0.1) is 0 Å². The van der Waals surface area contributed by atoms with E-state index in [9.17, 15) is 4.79 Å². The third-order valence-corrected chi connectivity index (χ3v) is 2.87. The maximum Gasteiger partial charge on any atom is 0.226 e. The number of amidine groups is 1. The zero-order valence-electron chi connectivity index (χ0n) is 9.65. The normalized spacial score (nSPS) is 16.0. The summed E-state index contributed by atoms with van der Waals surface area (Å²) in [6, 6.07) is 7.48. The standard InChI is InChI=1S/C13H16N3O/c14-13(15)11-5-3-4-10(8-11)9-16-7-2-1-6-12(16)17/h3-6,8H,1-2,7,9H2,(H3,14,15). The Kier molecular flexibility index (Phi) is 3.42. The van der Waals surface area contributed by atoms with Crippen LogP contribution in [0.15, 0.2) is 24.3 Å². The predicted molar refractivity (Wildman–Crippen MR) is 66.4 cm³/mol. The van der Waals surface area contributed by atoms with Gasteiger partial charge in [-0.05, 0) is 24.5 Å². The molecule has 0 aliphatic carbocycles. The van der Waals surface area contributed by atoms with E-state index in [4.69, 9.17) is 11.1 Å². The number of likely N-dealkylation sites (tertiary alicyclic amines) is 1. The van der Waals surface area contributed by atoms with E-state index >= 15 is 0 Å². The van der Waals surface area contributed by atoms with Gasteiger partial charge in [-0.2, -0.15) is 0 Å². The van der Waals surface area contributed by atoms with Crippen molar-refractivity contribution in [2.45, 2.75) is 19.4 Å². The van der Waals surface area contributed by atoms with Gasteiger partial charge in [-0.3, -0.25) is 10.2 Å². The number of benzene rings is 1. The molecular weight excluding hydrogens is 214 g/mol. The highest BCUT2D eigenvalue weighted by Gasteiger charge is 2.18. The first-order valence-corrected chi connectivity index (χ1v) is 5.72. The number of rotatable bonds is 3. The second-order valence-corrected chi connectivity index (χ2v) is 4.22. The fourth-order valence-corrected chi connectivity index (χ4v) is 1.96. The van der Waals surface area contributed by atoms with E-state index in [0.717, 1.165) is 24.9 Å². The molecule has 89 valence electrons. The quantitative estimate of drug-likeness (QED) is 0.607. The molecule has 1 aromatic carbocycles. The SMILES string of the molecule is N=C(N)c1cccc(CN2CCC[CH]C2=O)c1. The van der Waals surface area contributed by atoms with Crippen LogP contribution in [-0.4, -0.2) is 23.2 Å². The molecule has 17 heavy (non-hydrogen) atoms. The fourth-order valence-electron chi connectivity index (χ4n) is 1.96. The largest absolute Gasteiger partial charge is 0.384 e. The second kappa shape index (κ2) is 4.99. The summed E-state index contributed by atoms with van der Waals surface area (Å²) in [5.41, 5.74) is 7.16. The third-order valence-electron chi connectivity index (χ3n) is 2.87. The molecule has 1 aliphatic rings. The number of nitrogen functional groups attached to an aromatic ring is 1.